The Labute approximate surface area is 91.2 Å². The molecule has 0 atom stereocenters. The largest absolute Gasteiger partial charge is 0.411 e. The van der Waals surface area contributed by atoms with Crippen LogP contribution in [0, 0.1) is 4.91 Å². The van der Waals surface area contributed by atoms with E-state index >= 15 is 0 Å². The normalized spacial score (nSPS) is 9.62. The minimum Gasteiger partial charge on any atom is -0.411 e. The highest BCUT2D eigenvalue weighted by Gasteiger charge is 2.13. The minimum atomic E-state index is 0.0349. The highest BCUT2D eigenvalue weighted by Crippen LogP contribution is 2.29. The Morgan fingerprint density at radius 1 is 1.25 bits per heavy atom. The minimum absolute atomic E-state index is 0.0349. The molecule has 0 aliphatic heterocycles. The molecule has 0 aliphatic rings. The molecule has 0 bridgehead atoms. The fourth-order valence-electron chi connectivity index (χ4n) is 1.32. The first-order valence-electron chi connectivity index (χ1n) is 4.41. The number of carbonyl (C=O) groups is 1. The zero-order chi connectivity index (χ0) is 12.0. The second-order valence-corrected chi connectivity index (χ2v) is 2.95. The van der Waals surface area contributed by atoms with Gasteiger partial charge in [-0.1, -0.05) is 5.18 Å². The fraction of sp³-hybridized carbons (Fsp3) is 0.222. The topological polar surface area (TPSA) is 117 Å². The zero-order valence-electron chi connectivity index (χ0n) is 8.38. The third-order valence-corrected chi connectivity index (χ3v) is 2.03. The Hall–Kier alpha value is -1.99. The summed E-state index contributed by atoms with van der Waals surface area (Å²) in [5, 5.41) is 2.71. The van der Waals surface area contributed by atoms with Crippen LogP contribution in [0.15, 0.2) is 17.3 Å². The molecule has 86 valence electrons. The van der Waals surface area contributed by atoms with Crippen molar-refractivity contribution in [3.05, 3.63) is 28.2 Å². The predicted octanol–water partition coefficient (Wildman–Crippen LogP) is 0.313. The van der Waals surface area contributed by atoms with Crippen molar-refractivity contribution in [3.63, 3.8) is 0 Å². The van der Waals surface area contributed by atoms with Crippen molar-refractivity contribution in [1.29, 1.82) is 0 Å². The van der Waals surface area contributed by atoms with Crippen molar-refractivity contribution in [3.8, 4) is 11.5 Å². The lowest BCUT2D eigenvalue weighted by Crippen LogP contribution is -2.11. The molecule has 0 saturated carbocycles. The Bertz CT molecular complexity index is 369. The van der Waals surface area contributed by atoms with Gasteiger partial charge < -0.3 is 9.68 Å². The molecule has 7 nitrogen and oxygen atoms in total. The van der Waals surface area contributed by atoms with E-state index in [2.05, 4.69) is 14.9 Å². The summed E-state index contributed by atoms with van der Waals surface area (Å²) in [5.74, 6) is 10.6. The third-order valence-electron chi connectivity index (χ3n) is 2.03. The van der Waals surface area contributed by atoms with E-state index in [-0.39, 0.29) is 24.5 Å². The van der Waals surface area contributed by atoms with Gasteiger partial charge in [0, 0.05) is 17.5 Å². The van der Waals surface area contributed by atoms with Gasteiger partial charge >= 0.3 is 0 Å². The van der Waals surface area contributed by atoms with Gasteiger partial charge in [-0.2, -0.15) is 16.7 Å². The van der Waals surface area contributed by atoms with Crippen LogP contribution in [0.1, 0.15) is 15.9 Å². The van der Waals surface area contributed by atoms with Crippen molar-refractivity contribution in [2.45, 2.75) is 6.42 Å². The smallest absolute Gasteiger partial charge is 0.154 e. The Morgan fingerprint density at radius 3 is 2.19 bits per heavy atom. The van der Waals surface area contributed by atoms with Crippen LogP contribution >= 0.6 is 0 Å². The van der Waals surface area contributed by atoms with Crippen molar-refractivity contribution in [1.82, 2.24) is 0 Å². The van der Waals surface area contributed by atoms with E-state index in [0.29, 0.717) is 17.4 Å². The average Bonchev–Trinajstić information content (AvgIpc) is 2.35. The molecule has 16 heavy (non-hydrogen) atoms. The molecule has 0 amide bonds. The Kier molecular flexibility index (Phi) is 4.37. The Balaban J connectivity index is 3.19. The van der Waals surface area contributed by atoms with Crippen molar-refractivity contribution in [2.24, 2.45) is 17.0 Å². The lowest BCUT2D eigenvalue weighted by molar-refractivity contribution is 0.112. The van der Waals surface area contributed by atoms with Crippen LogP contribution in [0.5, 0.6) is 11.5 Å². The number of nitrogens with two attached hydrogens (primary N) is 2. The molecular formula is C9H11N3O4. The van der Waals surface area contributed by atoms with Crippen LogP contribution in [-0.4, -0.2) is 12.8 Å². The van der Waals surface area contributed by atoms with Gasteiger partial charge in [0.2, 0.25) is 0 Å². The maximum Gasteiger partial charge on any atom is 0.154 e. The first kappa shape index (κ1) is 12.1. The van der Waals surface area contributed by atoms with E-state index < -0.39 is 0 Å². The SMILES string of the molecule is NOc1cc(C=O)cc(ON)c1CCN=O. The molecule has 0 heterocycles. The van der Waals surface area contributed by atoms with Gasteiger partial charge in [-0.15, -0.1) is 0 Å². The number of carbonyl (C=O) groups excluding carboxylic acids is 1. The highest BCUT2D eigenvalue weighted by atomic mass is 16.6. The number of nitrogens with zero attached hydrogens (tertiary/aromatic N) is 1. The molecule has 0 spiro atoms. The maximum absolute atomic E-state index is 10.6. The number of hydrogen-bond donors (Lipinski definition) is 2. The van der Waals surface area contributed by atoms with Crippen LogP contribution in [0.3, 0.4) is 0 Å². The average molecular weight is 225 g/mol. The van der Waals surface area contributed by atoms with Crippen molar-refractivity contribution in [2.75, 3.05) is 6.54 Å². The molecule has 1 aromatic rings. The van der Waals surface area contributed by atoms with E-state index in [1.165, 1.54) is 12.1 Å². The standard InChI is InChI=1S/C9H11N3O4/c10-15-8-3-6(5-13)4-9(16-11)7(8)1-2-12-14/h3-5H,1-2,10-11H2. The molecule has 0 radical (unpaired) electrons. The summed E-state index contributed by atoms with van der Waals surface area (Å²) in [5.41, 5.74) is 0.805. The molecule has 7 heteroatoms. The van der Waals surface area contributed by atoms with Gasteiger partial charge in [-0.25, -0.2) is 0 Å². The zero-order valence-corrected chi connectivity index (χ0v) is 8.38. The number of benzene rings is 1. The maximum atomic E-state index is 10.6. The van der Waals surface area contributed by atoms with Crippen LogP contribution < -0.4 is 21.5 Å². The summed E-state index contributed by atoms with van der Waals surface area (Å²) in [6.07, 6.45) is 0.870. The van der Waals surface area contributed by atoms with Gasteiger partial charge in [0.05, 0.1) is 6.54 Å². The van der Waals surface area contributed by atoms with Gasteiger partial charge in [-0.3, -0.25) is 4.79 Å². The van der Waals surface area contributed by atoms with E-state index in [4.69, 9.17) is 11.8 Å². The van der Waals surface area contributed by atoms with Crippen molar-refractivity contribution < 1.29 is 14.5 Å². The molecule has 0 fully saturated rings. The van der Waals surface area contributed by atoms with Gasteiger partial charge in [0.25, 0.3) is 0 Å². The number of nitroso groups, excluding NO2 is 1. The molecule has 0 saturated heterocycles. The highest BCUT2D eigenvalue weighted by molar-refractivity contribution is 5.77. The number of hydrogen-bond acceptors (Lipinski definition) is 7. The second kappa shape index (κ2) is 5.79. The fourth-order valence-corrected chi connectivity index (χ4v) is 1.32. The monoisotopic (exact) mass is 225 g/mol. The Morgan fingerprint density at radius 2 is 1.81 bits per heavy atom. The summed E-state index contributed by atoms with van der Waals surface area (Å²) >= 11 is 0. The molecule has 1 aromatic carbocycles. The predicted molar refractivity (Wildman–Crippen MR) is 55.8 cm³/mol. The first-order chi connectivity index (χ1) is 7.76. The van der Waals surface area contributed by atoms with E-state index in [1.807, 2.05) is 0 Å². The number of rotatable bonds is 6. The van der Waals surface area contributed by atoms with Gasteiger partial charge in [0.15, 0.2) is 11.5 Å². The van der Waals surface area contributed by atoms with E-state index in [1.54, 1.807) is 0 Å². The van der Waals surface area contributed by atoms with Crippen molar-refractivity contribution >= 4 is 6.29 Å². The molecule has 0 unspecified atom stereocenters. The summed E-state index contributed by atoms with van der Waals surface area (Å²) in [6.45, 7) is 0.0349. The number of aldehydes is 1. The van der Waals surface area contributed by atoms with Gasteiger partial charge in [-0.05, 0) is 12.1 Å². The van der Waals surface area contributed by atoms with Crippen LogP contribution in [-0.2, 0) is 6.42 Å². The van der Waals surface area contributed by atoms with Crippen LogP contribution in [0.2, 0.25) is 0 Å². The van der Waals surface area contributed by atoms with Crippen LogP contribution in [0.4, 0.5) is 0 Å². The van der Waals surface area contributed by atoms with E-state index in [9.17, 15) is 9.70 Å². The lowest BCUT2D eigenvalue weighted by Gasteiger charge is -2.11. The molecule has 1 rings (SSSR count). The van der Waals surface area contributed by atoms with Crippen LogP contribution in [0.25, 0.3) is 0 Å². The molecule has 0 aromatic heterocycles. The molecule has 0 aliphatic carbocycles. The summed E-state index contributed by atoms with van der Waals surface area (Å²) in [7, 11) is 0. The lowest BCUT2D eigenvalue weighted by atomic mass is 10.1. The summed E-state index contributed by atoms with van der Waals surface area (Å²) in [4.78, 5) is 29.8. The molecule has 4 N–H and O–H groups in total. The quantitative estimate of drug-likeness (QED) is 0.409. The first-order valence-corrected chi connectivity index (χ1v) is 4.41. The molecular weight excluding hydrogens is 214 g/mol. The van der Waals surface area contributed by atoms with Gasteiger partial charge in [0.1, 0.15) is 6.29 Å². The van der Waals surface area contributed by atoms with E-state index in [0.717, 1.165) is 0 Å². The second-order valence-electron chi connectivity index (χ2n) is 2.95. The summed E-state index contributed by atoms with van der Waals surface area (Å²) < 4.78 is 0. The third kappa shape index (κ3) is 2.53. The summed E-state index contributed by atoms with van der Waals surface area (Å²) in [6, 6.07) is 2.85.